The van der Waals surface area contributed by atoms with Crippen LogP contribution in [0.2, 0.25) is 0 Å². The van der Waals surface area contributed by atoms with Crippen molar-refractivity contribution < 1.29 is 0 Å². The van der Waals surface area contributed by atoms with Crippen LogP contribution >= 0.6 is 0 Å². The van der Waals surface area contributed by atoms with Crippen molar-refractivity contribution in [2.75, 3.05) is 34.2 Å². The highest BCUT2D eigenvalue weighted by molar-refractivity contribution is 4.95. The lowest BCUT2D eigenvalue weighted by Crippen LogP contribution is -2.58. The van der Waals surface area contributed by atoms with E-state index in [1.807, 2.05) is 0 Å². The summed E-state index contributed by atoms with van der Waals surface area (Å²) in [5.41, 5.74) is 0. The fraction of sp³-hybridized carbons (Fsp3) is 1.00. The van der Waals surface area contributed by atoms with E-state index in [9.17, 15) is 0 Å². The molecule has 0 spiro atoms. The first kappa shape index (κ1) is 15.3. The zero-order valence-corrected chi connectivity index (χ0v) is 13.5. The molecular formula is C16H33N3. The molecule has 1 N–H and O–H groups in total. The van der Waals surface area contributed by atoms with E-state index in [-0.39, 0.29) is 0 Å². The van der Waals surface area contributed by atoms with Gasteiger partial charge in [-0.2, -0.15) is 0 Å². The molecule has 112 valence electrons. The first-order valence-electron chi connectivity index (χ1n) is 8.10. The molecule has 1 aliphatic carbocycles. The maximum atomic E-state index is 3.59. The second kappa shape index (κ2) is 6.55. The monoisotopic (exact) mass is 267 g/mol. The van der Waals surface area contributed by atoms with Crippen LogP contribution in [0.5, 0.6) is 0 Å². The highest BCUT2D eigenvalue weighted by atomic mass is 15.2. The van der Waals surface area contributed by atoms with E-state index in [1.54, 1.807) is 0 Å². The summed E-state index contributed by atoms with van der Waals surface area (Å²) in [6, 6.07) is 2.17. The van der Waals surface area contributed by atoms with E-state index in [2.05, 4.69) is 50.1 Å². The Balaban J connectivity index is 2.01. The highest BCUT2D eigenvalue weighted by Gasteiger charge is 2.38. The quantitative estimate of drug-likeness (QED) is 0.844. The lowest BCUT2D eigenvalue weighted by atomic mass is 9.75. The molecule has 4 unspecified atom stereocenters. The Morgan fingerprint density at radius 1 is 1.11 bits per heavy atom. The fourth-order valence-corrected chi connectivity index (χ4v) is 4.46. The third-order valence-corrected chi connectivity index (χ3v) is 5.53. The minimum absolute atomic E-state index is 0.670. The molecule has 0 radical (unpaired) electrons. The van der Waals surface area contributed by atoms with E-state index in [0.717, 1.165) is 23.9 Å². The van der Waals surface area contributed by atoms with Crippen LogP contribution in [0.1, 0.15) is 39.5 Å². The number of nitrogens with zero attached hydrogens (tertiary/aromatic N) is 2. The summed E-state index contributed by atoms with van der Waals surface area (Å²) in [6.07, 6.45) is 5.40. The summed E-state index contributed by atoms with van der Waals surface area (Å²) in [6.45, 7) is 7.39. The summed E-state index contributed by atoms with van der Waals surface area (Å²) < 4.78 is 0. The third-order valence-electron chi connectivity index (χ3n) is 5.53. The summed E-state index contributed by atoms with van der Waals surface area (Å²) >= 11 is 0. The Morgan fingerprint density at radius 3 is 2.32 bits per heavy atom. The van der Waals surface area contributed by atoms with Crippen molar-refractivity contribution >= 4 is 0 Å². The SMILES string of the molecule is CNC1CC(C)CC(C)C1N(C)C1CCN(C)CC1. The Bertz CT molecular complexity index is 273. The van der Waals surface area contributed by atoms with Crippen LogP contribution in [0.4, 0.5) is 0 Å². The van der Waals surface area contributed by atoms with Crippen LogP contribution in [0.3, 0.4) is 0 Å². The van der Waals surface area contributed by atoms with Gasteiger partial charge in [0.25, 0.3) is 0 Å². The second-order valence-corrected chi connectivity index (χ2v) is 7.14. The van der Waals surface area contributed by atoms with Crippen molar-refractivity contribution in [1.82, 2.24) is 15.1 Å². The lowest BCUT2D eigenvalue weighted by molar-refractivity contribution is 0.0309. The van der Waals surface area contributed by atoms with Crippen molar-refractivity contribution in [1.29, 1.82) is 0 Å². The molecule has 0 aromatic rings. The van der Waals surface area contributed by atoms with Crippen LogP contribution in [0.25, 0.3) is 0 Å². The molecule has 0 bridgehead atoms. The molecule has 2 aliphatic rings. The van der Waals surface area contributed by atoms with Crippen molar-refractivity contribution in [3.8, 4) is 0 Å². The number of rotatable bonds is 3. The van der Waals surface area contributed by atoms with Gasteiger partial charge in [0.1, 0.15) is 0 Å². The Hall–Kier alpha value is -0.120. The van der Waals surface area contributed by atoms with Crippen molar-refractivity contribution in [3.05, 3.63) is 0 Å². The molecule has 1 saturated carbocycles. The normalized spacial score (nSPS) is 38.8. The Morgan fingerprint density at radius 2 is 1.74 bits per heavy atom. The van der Waals surface area contributed by atoms with Gasteiger partial charge in [0.15, 0.2) is 0 Å². The Kier molecular flexibility index (Phi) is 5.27. The van der Waals surface area contributed by atoms with Crippen molar-refractivity contribution in [3.63, 3.8) is 0 Å². The van der Waals surface area contributed by atoms with E-state index in [1.165, 1.54) is 38.8 Å². The maximum absolute atomic E-state index is 3.59. The molecule has 1 aliphatic heterocycles. The standard InChI is InChI=1S/C16H33N3/c1-12-10-13(2)16(15(11-12)17-3)19(5)14-6-8-18(4)9-7-14/h12-17H,6-11H2,1-5H3. The number of nitrogens with one attached hydrogen (secondary N) is 1. The van der Waals surface area contributed by atoms with Gasteiger partial charge in [0.2, 0.25) is 0 Å². The molecule has 3 nitrogen and oxygen atoms in total. The summed E-state index contributed by atoms with van der Waals surface area (Å²) in [5, 5.41) is 3.59. The fourth-order valence-electron chi connectivity index (χ4n) is 4.46. The zero-order valence-electron chi connectivity index (χ0n) is 13.5. The number of hydrogen-bond donors (Lipinski definition) is 1. The van der Waals surface area contributed by atoms with E-state index in [4.69, 9.17) is 0 Å². The van der Waals surface area contributed by atoms with Gasteiger partial charge in [-0.05, 0) is 71.8 Å². The van der Waals surface area contributed by atoms with Gasteiger partial charge < -0.3 is 10.2 Å². The van der Waals surface area contributed by atoms with Crippen LogP contribution in [0, 0.1) is 11.8 Å². The van der Waals surface area contributed by atoms with Crippen LogP contribution < -0.4 is 5.32 Å². The van der Waals surface area contributed by atoms with Crippen molar-refractivity contribution in [2.45, 2.75) is 57.7 Å². The second-order valence-electron chi connectivity index (χ2n) is 7.14. The predicted octanol–water partition coefficient (Wildman–Crippen LogP) is 2.03. The Labute approximate surface area is 119 Å². The number of likely N-dealkylation sites (tertiary alicyclic amines) is 1. The summed E-state index contributed by atoms with van der Waals surface area (Å²) in [4.78, 5) is 5.18. The smallest absolute Gasteiger partial charge is 0.0274 e. The van der Waals surface area contributed by atoms with E-state index >= 15 is 0 Å². The van der Waals surface area contributed by atoms with Crippen molar-refractivity contribution in [2.24, 2.45) is 11.8 Å². The molecule has 2 rings (SSSR count). The molecule has 3 heteroatoms. The molecule has 0 amide bonds. The molecule has 19 heavy (non-hydrogen) atoms. The topological polar surface area (TPSA) is 18.5 Å². The highest BCUT2D eigenvalue weighted by Crippen LogP contribution is 2.33. The third kappa shape index (κ3) is 3.50. The van der Waals surface area contributed by atoms with Crippen LogP contribution in [0.15, 0.2) is 0 Å². The van der Waals surface area contributed by atoms with Gasteiger partial charge in [-0.1, -0.05) is 13.8 Å². The summed E-state index contributed by atoms with van der Waals surface area (Å²) in [7, 11) is 6.76. The van der Waals surface area contributed by atoms with Crippen LogP contribution in [-0.2, 0) is 0 Å². The first-order chi connectivity index (χ1) is 9.02. The van der Waals surface area contributed by atoms with Gasteiger partial charge in [0, 0.05) is 18.1 Å². The number of piperidine rings is 1. The van der Waals surface area contributed by atoms with E-state index < -0.39 is 0 Å². The minimum atomic E-state index is 0.670. The molecule has 1 saturated heterocycles. The molecular weight excluding hydrogens is 234 g/mol. The molecule has 2 fully saturated rings. The maximum Gasteiger partial charge on any atom is 0.0274 e. The predicted molar refractivity (Wildman–Crippen MR) is 82.5 cm³/mol. The first-order valence-corrected chi connectivity index (χ1v) is 8.10. The van der Waals surface area contributed by atoms with Gasteiger partial charge in [-0.25, -0.2) is 0 Å². The zero-order chi connectivity index (χ0) is 14.0. The molecule has 1 heterocycles. The summed E-state index contributed by atoms with van der Waals surface area (Å²) in [5.74, 6) is 1.68. The van der Waals surface area contributed by atoms with Crippen LogP contribution in [-0.4, -0.2) is 62.2 Å². The largest absolute Gasteiger partial charge is 0.315 e. The van der Waals surface area contributed by atoms with Gasteiger partial charge in [-0.15, -0.1) is 0 Å². The average Bonchev–Trinajstić information content (AvgIpc) is 2.38. The van der Waals surface area contributed by atoms with Gasteiger partial charge >= 0.3 is 0 Å². The molecule has 0 aromatic heterocycles. The van der Waals surface area contributed by atoms with Gasteiger partial charge in [0.05, 0.1) is 0 Å². The minimum Gasteiger partial charge on any atom is -0.315 e. The molecule has 4 atom stereocenters. The molecule has 0 aromatic carbocycles. The van der Waals surface area contributed by atoms with E-state index in [0.29, 0.717) is 6.04 Å². The van der Waals surface area contributed by atoms with Gasteiger partial charge in [-0.3, -0.25) is 4.90 Å². The average molecular weight is 267 g/mol. The number of likely N-dealkylation sites (N-methyl/N-ethyl adjacent to an activating group) is 2. The lowest BCUT2D eigenvalue weighted by Gasteiger charge is -2.48. The number of hydrogen-bond acceptors (Lipinski definition) is 3.